The normalized spacial score (nSPS) is 16.1. The van der Waals surface area contributed by atoms with E-state index in [0.717, 1.165) is 23.8 Å². The van der Waals surface area contributed by atoms with E-state index in [1.165, 1.54) is 0 Å². The summed E-state index contributed by atoms with van der Waals surface area (Å²) in [5.74, 6) is -0.0405. The molecule has 0 unspecified atom stereocenters. The van der Waals surface area contributed by atoms with Crippen LogP contribution in [-0.4, -0.2) is 17.9 Å². The van der Waals surface area contributed by atoms with Crippen molar-refractivity contribution in [1.82, 2.24) is 5.16 Å². The number of anilines is 1. The van der Waals surface area contributed by atoms with Crippen LogP contribution < -0.4 is 14.8 Å². The van der Waals surface area contributed by atoms with E-state index in [1.54, 1.807) is 24.3 Å². The van der Waals surface area contributed by atoms with Crippen molar-refractivity contribution < 1.29 is 27.6 Å². The zero-order valence-corrected chi connectivity index (χ0v) is 14.5. The van der Waals surface area contributed by atoms with Crippen LogP contribution in [-0.2, 0) is 10.2 Å². The second-order valence-corrected chi connectivity index (χ2v) is 6.80. The van der Waals surface area contributed by atoms with E-state index in [-0.39, 0.29) is 12.5 Å². The summed E-state index contributed by atoms with van der Waals surface area (Å²) < 4.78 is 43.3. The molecule has 1 N–H and O–H groups in total. The largest absolute Gasteiger partial charge is 0.454 e. The van der Waals surface area contributed by atoms with E-state index in [1.807, 2.05) is 0 Å². The lowest BCUT2D eigenvalue weighted by Crippen LogP contribution is -2.28. The van der Waals surface area contributed by atoms with Gasteiger partial charge in [0.15, 0.2) is 17.3 Å². The Morgan fingerprint density at radius 3 is 2.68 bits per heavy atom. The maximum atomic E-state index is 13.8. The number of rotatable bonds is 4. The van der Waals surface area contributed by atoms with Crippen molar-refractivity contribution in [2.75, 3.05) is 12.1 Å². The van der Waals surface area contributed by atoms with Gasteiger partial charge in [0.1, 0.15) is 11.6 Å². The number of halogens is 2. The SMILES string of the molecule is O=C(Nc1cc(F)ccc1F)C1(c2cc(-c3ccc4c(c3)OCO4)on2)CC1. The number of amides is 1. The Morgan fingerprint density at radius 1 is 1.04 bits per heavy atom. The van der Waals surface area contributed by atoms with Gasteiger partial charge in [0.25, 0.3) is 0 Å². The second-order valence-electron chi connectivity index (χ2n) is 6.80. The van der Waals surface area contributed by atoms with Crippen molar-refractivity contribution in [3.8, 4) is 22.8 Å². The van der Waals surface area contributed by atoms with Gasteiger partial charge in [-0.05, 0) is 43.2 Å². The van der Waals surface area contributed by atoms with Crippen LogP contribution >= 0.6 is 0 Å². The van der Waals surface area contributed by atoms with Gasteiger partial charge in [-0.25, -0.2) is 8.78 Å². The maximum Gasteiger partial charge on any atom is 0.236 e. The average molecular weight is 384 g/mol. The smallest absolute Gasteiger partial charge is 0.236 e. The molecule has 6 nitrogen and oxygen atoms in total. The summed E-state index contributed by atoms with van der Waals surface area (Å²) >= 11 is 0. The molecule has 1 aliphatic carbocycles. The van der Waals surface area contributed by atoms with Crippen molar-refractivity contribution in [2.24, 2.45) is 0 Å². The summed E-state index contributed by atoms with van der Waals surface area (Å²) in [6.45, 7) is 0.167. The monoisotopic (exact) mass is 384 g/mol. The molecule has 2 aromatic carbocycles. The molecule has 0 atom stereocenters. The minimum Gasteiger partial charge on any atom is -0.454 e. The highest BCUT2D eigenvalue weighted by molar-refractivity contribution is 6.01. The van der Waals surface area contributed by atoms with Gasteiger partial charge >= 0.3 is 0 Å². The highest BCUT2D eigenvalue weighted by Crippen LogP contribution is 2.49. The lowest BCUT2D eigenvalue weighted by molar-refractivity contribution is -0.118. The van der Waals surface area contributed by atoms with Gasteiger partial charge in [-0.1, -0.05) is 5.16 Å². The zero-order chi connectivity index (χ0) is 19.3. The summed E-state index contributed by atoms with van der Waals surface area (Å²) in [7, 11) is 0. The third kappa shape index (κ3) is 2.69. The van der Waals surface area contributed by atoms with Crippen molar-refractivity contribution in [3.63, 3.8) is 0 Å². The number of benzene rings is 2. The first-order valence-electron chi connectivity index (χ1n) is 8.69. The zero-order valence-electron chi connectivity index (χ0n) is 14.5. The molecule has 28 heavy (non-hydrogen) atoms. The second kappa shape index (κ2) is 6.05. The fourth-order valence-corrected chi connectivity index (χ4v) is 3.25. The van der Waals surface area contributed by atoms with Crippen LogP contribution in [0.2, 0.25) is 0 Å². The Morgan fingerprint density at radius 2 is 1.86 bits per heavy atom. The topological polar surface area (TPSA) is 73.6 Å². The Labute approximate surface area is 158 Å². The molecule has 1 aromatic heterocycles. The van der Waals surface area contributed by atoms with Gasteiger partial charge in [0.2, 0.25) is 12.7 Å². The van der Waals surface area contributed by atoms with Gasteiger partial charge in [-0.2, -0.15) is 0 Å². The Bertz CT molecular complexity index is 1090. The molecule has 0 radical (unpaired) electrons. The molecule has 0 saturated heterocycles. The first kappa shape index (κ1) is 16.7. The quantitative estimate of drug-likeness (QED) is 0.736. The van der Waals surface area contributed by atoms with Gasteiger partial charge < -0.3 is 19.3 Å². The third-order valence-electron chi connectivity index (χ3n) is 5.02. The van der Waals surface area contributed by atoms with Crippen LogP contribution in [0.4, 0.5) is 14.5 Å². The van der Waals surface area contributed by atoms with Crippen molar-refractivity contribution in [3.05, 3.63) is 59.8 Å². The molecule has 1 fully saturated rings. The van der Waals surface area contributed by atoms with Crippen LogP contribution in [0.25, 0.3) is 11.3 Å². The molecule has 0 bridgehead atoms. The van der Waals surface area contributed by atoms with Crippen molar-refractivity contribution in [1.29, 1.82) is 0 Å². The Kier molecular flexibility index (Phi) is 3.61. The third-order valence-corrected chi connectivity index (χ3v) is 5.02. The lowest BCUT2D eigenvalue weighted by atomic mass is 10.00. The van der Waals surface area contributed by atoms with Crippen molar-refractivity contribution >= 4 is 11.6 Å². The number of aromatic nitrogens is 1. The van der Waals surface area contributed by atoms with Crippen LogP contribution in [0, 0.1) is 11.6 Å². The molecule has 2 aliphatic rings. The minimum atomic E-state index is -0.906. The Balaban J connectivity index is 1.40. The van der Waals surface area contributed by atoms with Gasteiger partial charge in [0, 0.05) is 17.7 Å². The summed E-state index contributed by atoms with van der Waals surface area (Å²) in [4.78, 5) is 12.7. The highest BCUT2D eigenvalue weighted by Gasteiger charge is 2.54. The molecule has 3 aromatic rings. The fraction of sp³-hybridized carbons (Fsp3) is 0.200. The Hall–Kier alpha value is -3.42. The number of hydrogen-bond acceptors (Lipinski definition) is 5. The van der Waals surface area contributed by atoms with E-state index in [2.05, 4.69) is 10.5 Å². The number of carbonyl (C=O) groups is 1. The van der Waals surface area contributed by atoms with Crippen LogP contribution in [0.5, 0.6) is 11.5 Å². The van der Waals surface area contributed by atoms with Gasteiger partial charge in [0.05, 0.1) is 16.8 Å². The molecule has 142 valence electrons. The molecule has 8 heteroatoms. The van der Waals surface area contributed by atoms with E-state index < -0.39 is 23.0 Å². The number of nitrogens with one attached hydrogen (secondary N) is 1. The van der Waals surface area contributed by atoms with Gasteiger partial charge in [-0.3, -0.25) is 4.79 Å². The van der Waals surface area contributed by atoms with Crippen molar-refractivity contribution in [2.45, 2.75) is 18.3 Å². The number of hydrogen-bond donors (Lipinski definition) is 1. The molecule has 1 amide bonds. The fourth-order valence-electron chi connectivity index (χ4n) is 3.25. The number of fused-ring (bicyclic) bond motifs is 1. The number of nitrogens with zero attached hydrogens (tertiary/aromatic N) is 1. The standard InChI is InChI=1S/C20H14F2N2O4/c21-12-2-3-13(22)14(8-12)23-19(25)20(5-6-20)18-9-16(28-24-18)11-1-4-15-17(7-11)27-10-26-15/h1-4,7-9H,5-6,10H2,(H,23,25). The summed E-state index contributed by atoms with van der Waals surface area (Å²) in [5, 5.41) is 6.51. The van der Waals surface area contributed by atoms with E-state index in [4.69, 9.17) is 14.0 Å². The molecule has 1 aliphatic heterocycles. The first-order valence-corrected chi connectivity index (χ1v) is 8.69. The van der Waals surface area contributed by atoms with Crippen LogP contribution in [0.3, 0.4) is 0 Å². The molecule has 5 rings (SSSR count). The molecular weight excluding hydrogens is 370 g/mol. The summed E-state index contributed by atoms with van der Waals surface area (Å²) in [6.07, 6.45) is 1.09. The van der Waals surface area contributed by atoms with E-state index in [9.17, 15) is 13.6 Å². The van der Waals surface area contributed by atoms with Crippen LogP contribution in [0.15, 0.2) is 47.0 Å². The minimum absolute atomic E-state index is 0.167. The molecule has 0 spiro atoms. The first-order chi connectivity index (χ1) is 13.5. The van der Waals surface area contributed by atoms with Gasteiger partial charge in [-0.15, -0.1) is 0 Å². The molecule has 1 saturated carbocycles. The number of carbonyl (C=O) groups excluding carboxylic acids is 1. The van der Waals surface area contributed by atoms with Crippen LogP contribution in [0.1, 0.15) is 18.5 Å². The highest BCUT2D eigenvalue weighted by atomic mass is 19.1. The summed E-state index contributed by atoms with van der Waals surface area (Å²) in [5.41, 5.74) is 0.0808. The van der Waals surface area contributed by atoms with E-state index in [0.29, 0.717) is 35.8 Å². The molecule has 2 heterocycles. The lowest BCUT2D eigenvalue weighted by Gasteiger charge is -2.13. The maximum absolute atomic E-state index is 13.8. The average Bonchev–Trinajstić information content (AvgIpc) is 3.13. The predicted octanol–water partition coefficient (Wildman–Crippen LogP) is 4.02. The molecular formula is C20H14F2N2O4. The summed E-state index contributed by atoms with van der Waals surface area (Å²) in [6, 6.07) is 9.95. The van der Waals surface area contributed by atoms with E-state index >= 15 is 0 Å². The number of ether oxygens (including phenoxy) is 2. The predicted molar refractivity (Wildman–Crippen MR) is 94.0 cm³/mol.